The van der Waals surface area contributed by atoms with Crippen LogP contribution < -0.4 is 5.43 Å². The van der Waals surface area contributed by atoms with Crippen LogP contribution in [0.15, 0.2) is 35.4 Å². The maximum absolute atomic E-state index is 12.9. The number of rotatable bonds is 5. The van der Waals surface area contributed by atoms with Crippen molar-refractivity contribution in [3.05, 3.63) is 30.3 Å². The molecular weight excluding hydrogens is 309 g/mol. The number of benzene rings is 1. The number of halogens is 7. The van der Waals surface area contributed by atoms with Crippen molar-refractivity contribution < 1.29 is 35.5 Å². The molecule has 10 heteroatoms. The van der Waals surface area contributed by atoms with E-state index in [1.165, 1.54) is 24.3 Å². The Labute approximate surface area is 113 Å². The quantitative estimate of drug-likeness (QED) is 0.513. The highest BCUT2D eigenvalue weighted by Crippen LogP contribution is 2.46. The minimum absolute atomic E-state index is 0.215. The highest BCUT2D eigenvalue weighted by molar-refractivity contribution is 6.31. The molecule has 0 aliphatic heterocycles. The molecule has 0 atom stereocenters. The maximum atomic E-state index is 12.9. The molecule has 1 rings (SSSR count). The van der Waals surface area contributed by atoms with Gasteiger partial charge in [0.1, 0.15) is 0 Å². The van der Waals surface area contributed by atoms with E-state index in [9.17, 15) is 35.5 Å². The number of hydrogen-bond donors (Lipinski definition) is 1. The summed E-state index contributed by atoms with van der Waals surface area (Å²) in [7, 11) is 0. The SMILES string of the molecule is O=C(/C=N/Nc1ccccc1)C(F)(F)C(F)(F)C(F)(F)F. The molecule has 1 N–H and O–H groups in total. The van der Waals surface area contributed by atoms with E-state index < -0.39 is 23.8 Å². The predicted molar refractivity (Wildman–Crippen MR) is 59.5 cm³/mol. The summed E-state index contributed by atoms with van der Waals surface area (Å²) < 4.78 is 86.3. The van der Waals surface area contributed by atoms with Gasteiger partial charge in [-0.1, -0.05) is 18.2 Å². The predicted octanol–water partition coefficient (Wildman–Crippen LogP) is 3.49. The third kappa shape index (κ3) is 3.50. The number of ketones is 1. The van der Waals surface area contributed by atoms with Crippen LogP contribution >= 0.6 is 0 Å². The van der Waals surface area contributed by atoms with Gasteiger partial charge in [-0.05, 0) is 12.1 Å². The van der Waals surface area contributed by atoms with Gasteiger partial charge >= 0.3 is 18.0 Å². The summed E-state index contributed by atoms with van der Waals surface area (Å²) in [6, 6.07) is 7.39. The first-order valence-electron chi connectivity index (χ1n) is 5.21. The molecule has 116 valence electrons. The zero-order valence-electron chi connectivity index (χ0n) is 9.97. The highest BCUT2D eigenvalue weighted by Gasteiger charge is 2.75. The molecule has 0 radical (unpaired) electrons. The Balaban J connectivity index is 2.83. The molecule has 0 spiro atoms. The highest BCUT2D eigenvalue weighted by atomic mass is 19.4. The molecule has 0 aromatic heterocycles. The number of hydrogen-bond acceptors (Lipinski definition) is 3. The lowest BCUT2D eigenvalue weighted by Gasteiger charge is -2.25. The van der Waals surface area contributed by atoms with E-state index >= 15 is 0 Å². The zero-order valence-corrected chi connectivity index (χ0v) is 9.97. The van der Waals surface area contributed by atoms with Gasteiger partial charge in [0.15, 0.2) is 0 Å². The van der Waals surface area contributed by atoms with E-state index in [-0.39, 0.29) is 11.9 Å². The Hall–Kier alpha value is -2.13. The van der Waals surface area contributed by atoms with Gasteiger partial charge in [0.05, 0.1) is 11.9 Å². The van der Waals surface area contributed by atoms with Gasteiger partial charge in [0.2, 0.25) is 0 Å². The Morgan fingerprint density at radius 3 is 2.00 bits per heavy atom. The molecule has 1 aromatic carbocycles. The maximum Gasteiger partial charge on any atom is 0.460 e. The van der Waals surface area contributed by atoms with Crippen LogP contribution in [0.5, 0.6) is 0 Å². The molecule has 0 fully saturated rings. The number of carbonyl (C=O) groups is 1. The summed E-state index contributed by atoms with van der Waals surface area (Å²) in [5.41, 5.74) is 2.24. The van der Waals surface area contributed by atoms with Gasteiger partial charge in [-0.3, -0.25) is 10.2 Å². The van der Waals surface area contributed by atoms with E-state index in [0.29, 0.717) is 0 Å². The first kappa shape index (κ1) is 16.9. The van der Waals surface area contributed by atoms with Gasteiger partial charge in [-0.25, -0.2) is 0 Å². The molecule has 0 saturated carbocycles. The van der Waals surface area contributed by atoms with Crippen LogP contribution in [-0.2, 0) is 4.79 Å². The molecule has 0 unspecified atom stereocenters. The fraction of sp³-hybridized carbons (Fsp3) is 0.273. The molecule has 1 aromatic rings. The van der Waals surface area contributed by atoms with Crippen LogP contribution in [0.1, 0.15) is 0 Å². The van der Waals surface area contributed by atoms with Gasteiger partial charge in [-0.15, -0.1) is 0 Å². The number of carbonyl (C=O) groups excluding carboxylic acids is 1. The van der Waals surface area contributed by atoms with Crippen LogP contribution in [-0.4, -0.2) is 30.0 Å². The standard InChI is InChI=1S/C11H7F7N2O/c12-9(13,10(14,15)11(16,17)18)8(21)6-19-20-7-4-2-1-3-5-7/h1-6,20H/b19-6+. The summed E-state index contributed by atoms with van der Waals surface area (Å²) >= 11 is 0. The normalized spacial score (nSPS) is 13.5. The monoisotopic (exact) mass is 316 g/mol. The molecule has 0 amide bonds. The third-order valence-electron chi connectivity index (χ3n) is 2.21. The Kier molecular flexibility index (Phi) is 4.59. The first-order chi connectivity index (χ1) is 9.50. The molecule has 21 heavy (non-hydrogen) atoms. The summed E-state index contributed by atoms with van der Waals surface area (Å²) in [5, 5.41) is 2.90. The van der Waals surface area contributed by atoms with Gasteiger partial charge in [0, 0.05) is 0 Å². The van der Waals surface area contributed by atoms with Crippen LogP contribution in [0, 0.1) is 0 Å². The number of nitrogens with zero attached hydrogens (tertiary/aromatic N) is 1. The van der Waals surface area contributed by atoms with Crippen LogP contribution in [0.25, 0.3) is 0 Å². The molecule has 3 nitrogen and oxygen atoms in total. The number of hydrazone groups is 1. The second kappa shape index (κ2) is 5.70. The third-order valence-corrected chi connectivity index (χ3v) is 2.21. The molecule has 0 saturated heterocycles. The smallest absolute Gasteiger partial charge is 0.286 e. The van der Waals surface area contributed by atoms with Crippen LogP contribution in [0.4, 0.5) is 36.4 Å². The summed E-state index contributed by atoms with van der Waals surface area (Å²) in [6.45, 7) is 0. The number of para-hydroxylation sites is 1. The minimum Gasteiger partial charge on any atom is -0.286 e. The Bertz CT molecular complexity index is 525. The number of alkyl halides is 7. The van der Waals surface area contributed by atoms with Gasteiger partial charge in [0.25, 0.3) is 5.78 Å². The summed E-state index contributed by atoms with van der Waals surface area (Å²) in [6.07, 6.45) is -6.89. The molecule has 0 aliphatic carbocycles. The lowest BCUT2D eigenvalue weighted by Crippen LogP contribution is -2.56. The van der Waals surface area contributed by atoms with E-state index in [0.717, 1.165) is 0 Å². The van der Waals surface area contributed by atoms with Gasteiger partial charge in [-0.2, -0.15) is 35.8 Å². The molecule has 0 bridgehead atoms. The minimum atomic E-state index is -6.56. The Morgan fingerprint density at radius 2 is 1.52 bits per heavy atom. The fourth-order valence-corrected chi connectivity index (χ4v) is 1.09. The van der Waals surface area contributed by atoms with Crippen molar-refractivity contribution in [3.8, 4) is 0 Å². The lowest BCUT2D eigenvalue weighted by atomic mass is 10.1. The van der Waals surface area contributed by atoms with E-state index in [1.807, 2.05) is 5.43 Å². The van der Waals surface area contributed by atoms with Crippen molar-refractivity contribution in [2.75, 3.05) is 5.43 Å². The second-order valence-electron chi connectivity index (χ2n) is 3.75. The van der Waals surface area contributed by atoms with Crippen LogP contribution in [0.3, 0.4) is 0 Å². The zero-order chi connectivity index (χ0) is 16.3. The first-order valence-corrected chi connectivity index (χ1v) is 5.21. The van der Waals surface area contributed by atoms with E-state index in [1.54, 1.807) is 6.07 Å². The topological polar surface area (TPSA) is 41.5 Å². The molecular formula is C11H7F7N2O. The van der Waals surface area contributed by atoms with Crippen LogP contribution in [0.2, 0.25) is 0 Å². The molecule has 0 aliphatic rings. The van der Waals surface area contributed by atoms with Crippen molar-refractivity contribution in [2.24, 2.45) is 5.10 Å². The van der Waals surface area contributed by atoms with Gasteiger partial charge < -0.3 is 0 Å². The molecule has 0 heterocycles. The van der Waals surface area contributed by atoms with E-state index in [4.69, 9.17) is 0 Å². The largest absolute Gasteiger partial charge is 0.460 e. The summed E-state index contributed by atoms with van der Waals surface area (Å²) in [5.74, 6) is -15.2. The fourth-order valence-electron chi connectivity index (χ4n) is 1.09. The van der Waals surface area contributed by atoms with E-state index in [2.05, 4.69) is 5.10 Å². The average molecular weight is 316 g/mol. The summed E-state index contributed by atoms with van der Waals surface area (Å²) in [4.78, 5) is 10.8. The Morgan fingerprint density at radius 1 is 1.00 bits per heavy atom. The second-order valence-corrected chi connectivity index (χ2v) is 3.75. The van der Waals surface area contributed by atoms with Crippen molar-refractivity contribution in [1.29, 1.82) is 0 Å². The average Bonchev–Trinajstić information content (AvgIpc) is 2.38. The van der Waals surface area contributed by atoms with Crippen molar-refractivity contribution in [1.82, 2.24) is 0 Å². The number of anilines is 1. The van der Waals surface area contributed by atoms with Crippen molar-refractivity contribution in [3.63, 3.8) is 0 Å². The number of Topliss-reactive ketones (excluding diaryl/α,β-unsaturated/α-hetero) is 1. The lowest BCUT2D eigenvalue weighted by molar-refractivity contribution is -0.342. The van der Waals surface area contributed by atoms with Crippen molar-refractivity contribution >= 4 is 17.7 Å². The number of nitrogens with one attached hydrogen (secondary N) is 1. The van der Waals surface area contributed by atoms with Crippen molar-refractivity contribution in [2.45, 2.75) is 18.0 Å².